The van der Waals surface area contributed by atoms with Crippen molar-refractivity contribution in [2.75, 3.05) is 0 Å². The second-order valence-electron chi connectivity index (χ2n) is 2.69. The van der Waals surface area contributed by atoms with Crippen LogP contribution in [0.15, 0.2) is 10.8 Å². The largest absolute Gasteiger partial charge is 0.326 e. The average Bonchev–Trinajstić information content (AvgIpc) is 2.73. The summed E-state index contributed by atoms with van der Waals surface area (Å²) < 4.78 is 2.39. The fourth-order valence-electron chi connectivity index (χ4n) is 1.07. The first-order valence-corrected chi connectivity index (χ1v) is 5.53. The van der Waals surface area contributed by atoms with E-state index in [2.05, 4.69) is 31.2 Å². The minimum atomic E-state index is 0.514. The summed E-state index contributed by atoms with van der Waals surface area (Å²) in [5.74, 6) is 0. The van der Waals surface area contributed by atoms with E-state index in [0.29, 0.717) is 11.1 Å². The molecule has 2 rings (SSSR count). The van der Waals surface area contributed by atoms with Crippen molar-refractivity contribution in [1.29, 1.82) is 0 Å². The van der Waals surface area contributed by atoms with Gasteiger partial charge in [-0.1, -0.05) is 5.21 Å². The first-order valence-electron chi connectivity index (χ1n) is 3.92. The third-order valence-electron chi connectivity index (χ3n) is 1.74. The van der Waals surface area contributed by atoms with Crippen LogP contribution < -0.4 is 5.73 Å². The van der Waals surface area contributed by atoms with Crippen molar-refractivity contribution < 1.29 is 0 Å². The van der Waals surface area contributed by atoms with Gasteiger partial charge in [0, 0.05) is 24.7 Å². The van der Waals surface area contributed by atoms with Crippen molar-refractivity contribution in [3.8, 4) is 10.7 Å². The van der Waals surface area contributed by atoms with Crippen molar-refractivity contribution in [3.05, 3.63) is 15.7 Å². The number of nitrogens with zero attached hydrogens (tertiary/aromatic N) is 4. The molecule has 0 aliphatic heterocycles. The topological polar surface area (TPSA) is 69.6 Å². The summed E-state index contributed by atoms with van der Waals surface area (Å²) in [7, 11) is 1.83. The van der Waals surface area contributed by atoms with E-state index in [0.717, 1.165) is 15.6 Å². The van der Waals surface area contributed by atoms with Crippen LogP contribution in [0, 0.1) is 0 Å². The minimum absolute atomic E-state index is 0.514. The minimum Gasteiger partial charge on any atom is -0.326 e. The maximum Gasteiger partial charge on any atom is 0.158 e. The molecule has 0 unspecified atom stereocenters. The van der Waals surface area contributed by atoms with Crippen LogP contribution in [-0.2, 0) is 13.6 Å². The molecule has 0 saturated carbocycles. The molecule has 2 N–H and O–H groups in total. The average molecular weight is 274 g/mol. The Morgan fingerprint density at radius 1 is 1.64 bits per heavy atom. The Morgan fingerprint density at radius 2 is 2.43 bits per heavy atom. The molecule has 2 aromatic heterocycles. The molecule has 7 heteroatoms. The standard InChI is InChI=1S/C7H8BrN5S/c1-13-5(6(8)11-12-13)7-10-3-4(2-9)14-7/h3H,2,9H2,1H3. The second-order valence-corrected chi connectivity index (χ2v) is 4.55. The van der Waals surface area contributed by atoms with E-state index in [1.807, 2.05) is 7.05 Å². The Balaban J connectivity index is 2.48. The van der Waals surface area contributed by atoms with Gasteiger partial charge in [-0.3, -0.25) is 0 Å². The quantitative estimate of drug-likeness (QED) is 0.892. The molecular formula is C7H8BrN5S. The lowest BCUT2D eigenvalue weighted by Crippen LogP contribution is -1.93. The fourth-order valence-corrected chi connectivity index (χ4v) is 2.58. The van der Waals surface area contributed by atoms with Gasteiger partial charge in [-0.25, -0.2) is 9.67 Å². The second kappa shape index (κ2) is 3.76. The molecular weight excluding hydrogens is 266 g/mol. The highest BCUT2D eigenvalue weighted by Gasteiger charge is 2.13. The number of halogens is 1. The molecule has 0 fully saturated rings. The van der Waals surface area contributed by atoms with Gasteiger partial charge in [0.2, 0.25) is 0 Å². The molecule has 2 heterocycles. The Hall–Kier alpha value is -0.790. The van der Waals surface area contributed by atoms with E-state index in [4.69, 9.17) is 5.73 Å². The Morgan fingerprint density at radius 3 is 2.93 bits per heavy atom. The molecule has 0 spiro atoms. The van der Waals surface area contributed by atoms with Crippen molar-refractivity contribution in [3.63, 3.8) is 0 Å². The predicted octanol–water partition coefficient (Wildman–Crippen LogP) is 1.16. The van der Waals surface area contributed by atoms with Gasteiger partial charge in [0.1, 0.15) is 10.7 Å². The van der Waals surface area contributed by atoms with Crippen LogP contribution in [0.25, 0.3) is 10.7 Å². The van der Waals surface area contributed by atoms with Gasteiger partial charge in [0.15, 0.2) is 4.60 Å². The van der Waals surface area contributed by atoms with Crippen LogP contribution in [0.1, 0.15) is 4.88 Å². The molecule has 0 saturated heterocycles. The SMILES string of the molecule is Cn1nnc(Br)c1-c1ncc(CN)s1. The van der Waals surface area contributed by atoms with E-state index < -0.39 is 0 Å². The normalized spacial score (nSPS) is 10.8. The highest BCUT2D eigenvalue weighted by atomic mass is 79.9. The molecule has 0 aliphatic rings. The third kappa shape index (κ3) is 1.58. The van der Waals surface area contributed by atoms with E-state index in [9.17, 15) is 0 Å². The number of aryl methyl sites for hydroxylation is 1. The number of rotatable bonds is 2. The number of hydrogen-bond donors (Lipinski definition) is 1. The summed E-state index contributed by atoms with van der Waals surface area (Å²) in [6.07, 6.45) is 1.78. The van der Waals surface area contributed by atoms with Crippen molar-refractivity contribution >= 4 is 27.3 Å². The van der Waals surface area contributed by atoms with E-state index in [1.54, 1.807) is 22.2 Å². The van der Waals surface area contributed by atoms with Crippen molar-refractivity contribution in [1.82, 2.24) is 20.0 Å². The first kappa shape index (κ1) is 9.75. The predicted molar refractivity (Wildman–Crippen MR) is 57.7 cm³/mol. The molecule has 2 aromatic rings. The summed E-state index contributed by atoms with van der Waals surface area (Å²) in [6, 6.07) is 0. The molecule has 0 aromatic carbocycles. The lowest BCUT2D eigenvalue weighted by atomic mass is 10.5. The maximum atomic E-state index is 5.51. The smallest absolute Gasteiger partial charge is 0.158 e. The molecule has 0 aliphatic carbocycles. The van der Waals surface area contributed by atoms with Crippen LogP contribution in [0.4, 0.5) is 0 Å². The monoisotopic (exact) mass is 273 g/mol. The Bertz CT molecular complexity index is 429. The zero-order valence-electron chi connectivity index (χ0n) is 7.44. The van der Waals surface area contributed by atoms with Gasteiger partial charge in [0.05, 0.1) is 0 Å². The van der Waals surface area contributed by atoms with Crippen LogP contribution >= 0.6 is 27.3 Å². The van der Waals surface area contributed by atoms with Gasteiger partial charge >= 0.3 is 0 Å². The number of thiazole rings is 1. The summed E-state index contributed by atoms with van der Waals surface area (Å²) in [6.45, 7) is 0.514. The highest BCUT2D eigenvalue weighted by Crippen LogP contribution is 2.29. The van der Waals surface area contributed by atoms with Crippen LogP contribution in [-0.4, -0.2) is 20.0 Å². The van der Waals surface area contributed by atoms with Crippen LogP contribution in [0.3, 0.4) is 0 Å². The van der Waals surface area contributed by atoms with Crippen molar-refractivity contribution in [2.24, 2.45) is 12.8 Å². The highest BCUT2D eigenvalue weighted by molar-refractivity contribution is 9.10. The zero-order chi connectivity index (χ0) is 10.1. The Kier molecular flexibility index (Phi) is 2.62. The first-order chi connectivity index (χ1) is 6.72. The molecule has 14 heavy (non-hydrogen) atoms. The maximum absolute atomic E-state index is 5.51. The van der Waals surface area contributed by atoms with Gasteiger partial charge in [0.25, 0.3) is 0 Å². The summed E-state index contributed by atoms with van der Waals surface area (Å²) >= 11 is 4.88. The van der Waals surface area contributed by atoms with Gasteiger partial charge in [-0.2, -0.15) is 0 Å². The van der Waals surface area contributed by atoms with Gasteiger partial charge in [-0.15, -0.1) is 16.4 Å². The summed E-state index contributed by atoms with van der Waals surface area (Å²) in [5, 5.41) is 8.65. The zero-order valence-corrected chi connectivity index (χ0v) is 9.84. The third-order valence-corrected chi connectivity index (χ3v) is 3.30. The van der Waals surface area contributed by atoms with E-state index >= 15 is 0 Å². The summed E-state index contributed by atoms with van der Waals surface area (Å²) in [5.41, 5.74) is 6.40. The molecule has 0 bridgehead atoms. The van der Waals surface area contributed by atoms with Crippen LogP contribution in [0.5, 0.6) is 0 Å². The van der Waals surface area contributed by atoms with Gasteiger partial charge in [-0.05, 0) is 15.9 Å². The number of nitrogens with two attached hydrogens (primary N) is 1. The number of aromatic nitrogens is 4. The number of hydrogen-bond acceptors (Lipinski definition) is 5. The van der Waals surface area contributed by atoms with E-state index in [-0.39, 0.29) is 0 Å². The Labute approximate surface area is 93.1 Å². The lowest BCUT2D eigenvalue weighted by Gasteiger charge is -1.94. The van der Waals surface area contributed by atoms with Crippen molar-refractivity contribution in [2.45, 2.75) is 6.54 Å². The van der Waals surface area contributed by atoms with Crippen LogP contribution in [0.2, 0.25) is 0 Å². The molecule has 0 atom stereocenters. The summed E-state index contributed by atoms with van der Waals surface area (Å²) in [4.78, 5) is 5.31. The molecule has 5 nitrogen and oxygen atoms in total. The fraction of sp³-hybridized carbons (Fsp3) is 0.286. The molecule has 0 radical (unpaired) electrons. The lowest BCUT2D eigenvalue weighted by molar-refractivity contribution is 0.719. The van der Waals surface area contributed by atoms with Gasteiger partial charge < -0.3 is 5.73 Å². The molecule has 0 amide bonds. The van der Waals surface area contributed by atoms with E-state index in [1.165, 1.54) is 0 Å². The molecule has 74 valence electrons.